The summed E-state index contributed by atoms with van der Waals surface area (Å²) in [5.41, 5.74) is -1.78. The van der Waals surface area contributed by atoms with Gasteiger partial charge in [0.15, 0.2) is 0 Å². The number of ether oxygens (including phenoxy) is 2. The van der Waals surface area contributed by atoms with Crippen molar-refractivity contribution >= 4 is 29.2 Å². The van der Waals surface area contributed by atoms with E-state index >= 15 is 0 Å². The van der Waals surface area contributed by atoms with Gasteiger partial charge in [0.1, 0.15) is 5.56 Å². The Hall–Kier alpha value is -3.40. The van der Waals surface area contributed by atoms with Gasteiger partial charge < -0.3 is 9.47 Å². The van der Waals surface area contributed by atoms with Crippen molar-refractivity contribution in [3.8, 4) is 11.1 Å². The molecule has 32 heavy (non-hydrogen) atoms. The Balaban J connectivity index is 2.51. The molecule has 0 spiro atoms. The van der Waals surface area contributed by atoms with Crippen molar-refractivity contribution in [2.45, 2.75) is 26.1 Å². The number of alkyl halides is 3. The molecule has 0 heterocycles. The Kier molecular flexibility index (Phi) is 7.63. The lowest BCUT2D eigenvalue weighted by molar-refractivity contribution is -0.385. The van der Waals surface area contributed by atoms with Gasteiger partial charge in [0, 0.05) is 16.7 Å². The van der Waals surface area contributed by atoms with Gasteiger partial charge in [0.25, 0.3) is 5.69 Å². The number of nitrogens with zero attached hydrogens (tertiary/aromatic N) is 1. The van der Waals surface area contributed by atoms with Gasteiger partial charge in [-0.05, 0) is 49.2 Å². The number of rotatable bonds is 7. The third-order valence-electron chi connectivity index (χ3n) is 4.19. The average molecular weight is 472 g/mol. The molecule has 0 fully saturated rings. The van der Waals surface area contributed by atoms with Crippen molar-refractivity contribution in [3.05, 3.63) is 74.8 Å². The maximum Gasteiger partial charge on any atom is 0.416 e. The summed E-state index contributed by atoms with van der Waals surface area (Å²) < 4.78 is 48.5. The van der Waals surface area contributed by atoms with E-state index in [1.807, 2.05) is 0 Å². The molecule has 1 unspecified atom stereocenters. The molecule has 0 radical (unpaired) electrons. The van der Waals surface area contributed by atoms with Crippen LogP contribution >= 0.6 is 11.6 Å². The molecule has 1 atom stereocenters. The van der Waals surface area contributed by atoms with Crippen LogP contribution in [0.1, 0.15) is 29.8 Å². The van der Waals surface area contributed by atoms with Crippen molar-refractivity contribution in [1.29, 1.82) is 0 Å². The minimum Gasteiger partial charge on any atom is -0.463 e. The highest BCUT2D eigenvalue weighted by Gasteiger charge is 2.32. The summed E-state index contributed by atoms with van der Waals surface area (Å²) in [6.45, 7) is 6.49. The average Bonchev–Trinajstić information content (AvgIpc) is 2.70. The largest absolute Gasteiger partial charge is 0.463 e. The first-order valence-corrected chi connectivity index (χ1v) is 9.43. The van der Waals surface area contributed by atoms with Gasteiger partial charge in [-0.2, -0.15) is 13.2 Å². The van der Waals surface area contributed by atoms with E-state index in [-0.39, 0.29) is 28.3 Å². The number of hydrogen-bond donors (Lipinski definition) is 0. The number of nitro groups is 1. The van der Waals surface area contributed by atoms with Crippen molar-refractivity contribution in [3.63, 3.8) is 0 Å². The summed E-state index contributed by atoms with van der Waals surface area (Å²) >= 11 is 5.98. The second kappa shape index (κ2) is 9.82. The second-order valence-electron chi connectivity index (χ2n) is 6.57. The van der Waals surface area contributed by atoms with Crippen LogP contribution in [-0.2, 0) is 20.4 Å². The predicted octanol–water partition coefficient (Wildman–Crippen LogP) is 5.60. The predicted molar refractivity (Wildman–Crippen MR) is 109 cm³/mol. The van der Waals surface area contributed by atoms with Crippen LogP contribution in [0.25, 0.3) is 11.1 Å². The zero-order valence-electron chi connectivity index (χ0n) is 16.9. The minimum absolute atomic E-state index is 0.00220. The Morgan fingerprint density at radius 3 is 2.38 bits per heavy atom. The molecule has 0 saturated carbocycles. The zero-order valence-corrected chi connectivity index (χ0v) is 17.6. The molecular formula is C21H17ClF3NO6. The number of esters is 2. The van der Waals surface area contributed by atoms with E-state index in [2.05, 4.69) is 6.58 Å². The highest BCUT2D eigenvalue weighted by atomic mass is 35.5. The zero-order chi connectivity index (χ0) is 24.2. The smallest absolute Gasteiger partial charge is 0.416 e. The van der Waals surface area contributed by atoms with Crippen LogP contribution in [0.4, 0.5) is 18.9 Å². The van der Waals surface area contributed by atoms with E-state index < -0.39 is 46.0 Å². The first kappa shape index (κ1) is 24.9. The summed E-state index contributed by atoms with van der Waals surface area (Å²) in [6, 6.07) is 5.84. The van der Waals surface area contributed by atoms with Gasteiger partial charge in [0.05, 0.1) is 17.1 Å². The Labute approximate surface area is 185 Å². The van der Waals surface area contributed by atoms with Crippen molar-refractivity contribution in [2.24, 2.45) is 0 Å². The molecule has 0 aliphatic rings. The first-order chi connectivity index (χ1) is 14.9. The lowest BCUT2D eigenvalue weighted by atomic mass is 10.00. The van der Waals surface area contributed by atoms with Gasteiger partial charge in [-0.15, -0.1) is 0 Å². The van der Waals surface area contributed by atoms with Gasteiger partial charge >= 0.3 is 18.1 Å². The summed E-state index contributed by atoms with van der Waals surface area (Å²) in [5, 5.41) is 11.1. The van der Waals surface area contributed by atoms with Crippen molar-refractivity contribution in [1.82, 2.24) is 0 Å². The van der Waals surface area contributed by atoms with Gasteiger partial charge in [-0.25, -0.2) is 9.59 Å². The molecule has 170 valence electrons. The maximum atomic E-state index is 12.9. The lowest BCUT2D eigenvalue weighted by Gasteiger charge is -2.17. The quantitative estimate of drug-likeness (QED) is 0.226. The standard InChI is InChI=1S/C21H17ClF3NO6/c1-4-31-20(28)18(11(2)3)32-19(27)15-9-12(5-8-17(15)26(29)30)14-7-6-13(10-16(14)22)21(23,24)25/h5-10,18H,2,4H2,1,3H3. The monoisotopic (exact) mass is 471 g/mol. The number of benzene rings is 2. The summed E-state index contributed by atoms with van der Waals surface area (Å²) in [6.07, 6.45) is -6.11. The molecule has 0 saturated heterocycles. The van der Waals surface area contributed by atoms with Crippen molar-refractivity contribution in [2.75, 3.05) is 6.61 Å². The fourth-order valence-corrected chi connectivity index (χ4v) is 2.98. The molecule has 7 nitrogen and oxygen atoms in total. The fourth-order valence-electron chi connectivity index (χ4n) is 2.69. The van der Waals surface area contributed by atoms with E-state index in [0.717, 1.165) is 24.3 Å². The third kappa shape index (κ3) is 5.64. The Morgan fingerprint density at radius 1 is 1.22 bits per heavy atom. The third-order valence-corrected chi connectivity index (χ3v) is 4.51. The second-order valence-corrected chi connectivity index (χ2v) is 6.97. The van der Waals surface area contributed by atoms with Crippen LogP contribution in [0.5, 0.6) is 0 Å². The lowest BCUT2D eigenvalue weighted by Crippen LogP contribution is -2.30. The molecule has 0 N–H and O–H groups in total. The Morgan fingerprint density at radius 2 is 1.88 bits per heavy atom. The molecule has 0 bridgehead atoms. The highest BCUT2D eigenvalue weighted by molar-refractivity contribution is 6.33. The summed E-state index contributed by atoms with van der Waals surface area (Å²) in [7, 11) is 0. The van der Waals surface area contributed by atoms with E-state index in [9.17, 15) is 32.9 Å². The summed E-state index contributed by atoms with van der Waals surface area (Å²) in [5.74, 6) is -2.12. The molecule has 0 amide bonds. The van der Waals surface area contributed by atoms with Crippen LogP contribution < -0.4 is 0 Å². The topological polar surface area (TPSA) is 95.7 Å². The molecule has 11 heteroatoms. The molecule has 2 aromatic rings. The van der Waals surface area contributed by atoms with E-state index in [1.165, 1.54) is 19.9 Å². The molecule has 0 aromatic heterocycles. The molecule has 2 aromatic carbocycles. The number of halogens is 4. The van der Waals surface area contributed by atoms with Crippen LogP contribution in [0.15, 0.2) is 48.6 Å². The fraction of sp³-hybridized carbons (Fsp3) is 0.238. The first-order valence-electron chi connectivity index (χ1n) is 9.05. The van der Waals surface area contributed by atoms with E-state index in [4.69, 9.17) is 21.1 Å². The van der Waals surface area contributed by atoms with Crippen LogP contribution in [0.2, 0.25) is 5.02 Å². The van der Waals surface area contributed by atoms with E-state index in [1.54, 1.807) is 0 Å². The Bertz CT molecular complexity index is 1080. The number of carbonyl (C=O) groups is 2. The van der Waals surface area contributed by atoms with Crippen LogP contribution in [-0.4, -0.2) is 29.6 Å². The summed E-state index contributed by atoms with van der Waals surface area (Å²) in [4.78, 5) is 35.3. The number of nitro benzene ring substituents is 1. The van der Waals surface area contributed by atoms with Gasteiger partial charge in [-0.3, -0.25) is 10.1 Å². The molecule has 2 rings (SSSR count). The SMILES string of the molecule is C=C(C)C(OC(=O)c1cc(-c2ccc(C(F)(F)F)cc2Cl)ccc1[N+](=O)[O-])C(=O)OCC. The van der Waals surface area contributed by atoms with Crippen LogP contribution in [0, 0.1) is 10.1 Å². The van der Waals surface area contributed by atoms with Gasteiger partial charge in [0.2, 0.25) is 6.10 Å². The minimum atomic E-state index is -4.61. The number of carbonyl (C=O) groups excluding carboxylic acids is 2. The van der Waals surface area contributed by atoms with Crippen LogP contribution in [0.3, 0.4) is 0 Å². The number of hydrogen-bond acceptors (Lipinski definition) is 6. The van der Waals surface area contributed by atoms with Crippen molar-refractivity contribution < 1.29 is 37.2 Å². The normalized spacial score (nSPS) is 12.1. The molecule has 0 aliphatic heterocycles. The molecular weight excluding hydrogens is 455 g/mol. The highest BCUT2D eigenvalue weighted by Crippen LogP contribution is 2.37. The molecule has 0 aliphatic carbocycles. The van der Waals surface area contributed by atoms with Gasteiger partial charge in [-0.1, -0.05) is 24.2 Å². The maximum absolute atomic E-state index is 12.9. The van der Waals surface area contributed by atoms with E-state index in [0.29, 0.717) is 6.07 Å².